The highest BCUT2D eigenvalue weighted by Crippen LogP contribution is 2.12. The average Bonchev–Trinajstić information content (AvgIpc) is 2.27. The van der Waals surface area contributed by atoms with E-state index in [2.05, 4.69) is 24.2 Å². The molecular formula is C9H10N2. The largest absolute Gasteiger partial charge is 0.354 e. The Morgan fingerprint density at radius 3 is 3.00 bits per heavy atom. The molecule has 2 rings (SSSR count). The van der Waals surface area contributed by atoms with Gasteiger partial charge in [0.05, 0.1) is 5.52 Å². The van der Waals surface area contributed by atoms with Gasteiger partial charge < -0.3 is 4.57 Å². The zero-order valence-corrected chi connectivity index (χ0v) is 6.70. The van der Waals surface area contributed by atoms with Crippen molar-refractivity contribution in [3.8, 4) is 0 Å². The number of pyridine rings is 1. The first-order valence-corrected chi connectivity index (χ1v) is 3.64. The molecule has 0 aliphatic carbocycles. The van der Waals surface area contributed by atoms with Crippen molar-refractivity contribution in [1.82, 2.24) is 9.55 Å². The van der Waals surface area contributed by atoms with E-state index in [-0.39, 0.29) is 0 Å². The van der Waals surface area contributed by atoms with E-state index in [9.17, 15) is 0 Å². The monoisotopic (exact) mass is 146 g/mol. The van der Waals surface area contributed by atoms with Crippen molar-refractivity contribution in [3.05, 3.63) is 30.2 Å². The lowest BCUT2D eigenvalue weighted by molar-refractivity contribution is 0.932. The number of fused-ring (bicyclic) bond motifs is 1. The van der Waals surface area contributed by atoms with Crippen molar-refractivity contribution in [3.63, 3.8) is 0 Å². The molecule has 2 nitrogen and oxygen atoms in total. The van der Waals surface area contributed by atoms with Gasteiger partial charge in [-0.2, -0.15) is 0 Å². The number of aryl methyl sites for hydroxylation is 2. The fourth-order valence-corrected chi connectivity index (χ4v) is 1.26. The highest BCUT2D eigenvalue weighted by Gasteiger charge is 1.95. The van der Waals surface area contributed by atoms with Gasteiger partial charge in [-0.1, -0.05) is 0 Å². The summed E-state index contributed by atoms with van der Waals surface area (Å²) in [5.74, 6) is 0. The van der Waals surface area contributed by atoms with E-state index in [0.717, 1.165) is 5.52 Å². The van der Waals surface area contributed by atoms with E-state index in [1.165, 1.54) is 10.9 Å². The lowest BCUT2D eigenvalue weighted by Gasteiger charge is -1.89. The predicted octanol–water partition coefficient (Wildman–Crippen LogP) is 1.88. The van der Waals surface area contributed by atoms with Gasteiger partial charge in [-0.3, -0.25) is 4.98 Å². The number of aromatic nitrogens is 2. The van der Waals surface area contributed by atoms with Crippen LogP contribution in [0.5, 0.6) is 0 Å². The molecule has 0 aliphatic heterocycles. The lowest BCUT2D eigenvalue weighted by Crippen LogP contribution is -1.76. The topological polar surface area (TPSA) is 17.8 Å². The van der Waals surface area contributed by atoms with Gasteiger partial charge >= 0.3 is 0 Å². The van der Waals surface area contributed by atoms with Crippen LogP contribution in [0.25, 0.3) is 10.9 Å². The van der Waals surface area contributed by atoms with E-state index < -0.39 is 0 Å². The van der Waals surface area contributed by atoms with Crippen LogP contribution in [-0.2, 0) is 7.05 Å². The van der Waals surface area contributed by atoms with E-state index in [1.54, 1.807) is 0 Å². The Hall–Kier alpha value is -1.31. The lowest BCUT2D eigenvalue weighted by atomic mass is 10.2. The van der Waals surface area contributed by atoms with Crippen molar-refractivity contribution in [2.75, 3.05) is 0 Å². The SMILES string of the molecule is Cc1cnc2cn(C)cc2c1. The van der Waals surface area contributed by atoms with Crippen LogP contribution in [0.4, 0.5) is 0 Å². The maximum absolute atomic E-state index is 4.28. The average molecular weight is 146 g/mol. The number of rotatable bonds is 0. The van der Waals surface area contributed by atoms with E-state index in [1.807, 2.05) is 24.0 Å². The van der Waals surface area contributed by atoms with Gasteiger partial charge in [0.2, 0.25) is 0 Å². The second-order valence-electron chi connectivity index (χ2n) is 2.91. The molecule has 0 fully saturated rings. The van der Waals surface area contributed by atoms with Crippen molar-refractivity contribution in [2.45, 2.75) is 6.92 Å². The van der Waals surface area contributed by atoms with Crippen LogP contribution in [0.1, 0.15) is 5.56 Å². The molecule has 0 atom stereocenters. The summed E-state index contributed by atoms with van der Waals surface area (Å²) in [5, 5.41) is 1.22. The van der Waals surface area contributed by atoms with Gasteiger partial charge in [0.25, 0.3) is 0 Å². The summed E-state index contributed by atoms with van der Waals surface area (Å²) in [5.41, 5.74) is 2.28. The van der Waals surface area contributed by atoms with E-state index >= 15 is 0 Å². The van der Waals surface area contributed by atoms with Crippen molar-refractivity contribution >= 4 is 10.9 Å². The third kappa shape index (κ3) is 1.00. The quantitative estimate of drug-likeness (QED) is 0.555. The molecule has 2 aromatic rings. The zero-order valence-electron chi connectivity index (χ0n) is 6.70. The molecule has 2 heteroatoms. The summed E-state index contributed by atoms with van der Waals surface area (Å²) in [6.45, 7) is 2.06. The van der Waals surface area contributed by atoms with Crippen LogP contribution in [0.3, 0.4) is 0 Å². The molecule has 2 heterocycles. The standard InChI is InChI=1S/C9H10N2/c1-7-3-8-5-11(2)6-9(8)10-4-7/h3-6H,1-2H3. The molecule has 56 valence electrons. The molecule has 0 saturated heterocycles. The third-order valence-electron chi connectivity index (χ3n) is 1.75. The minimum absolute atomic E-state index is 1.07. The van der Waals surface area contributed by atoms with Crippen molar-refractivity contribution in [1.29, 1.82) is 0 Å². The van der Waals surface area contributed by atoms with Crippen molar-refractivity contribution < 1.29 is 0 Å². The first kappa shape index (κ1) is 6.40. The molecule has 0 unspecified atom stereocenters. The van der Waals surface area contributed by atoms with Gasteiger partial charge in [-0.05, 0) is 18.6 Å². The van der Waals surface area contributed by atoms with E-state index in [4.69, 9.17) is 0 Å². The fourth-order valence-electron chi connectivity index (χ4n) is 1.26. The van der Waals surface area contributed by atoms with Crippen LogP contribution in [0.2, 0.25) is 0 Å². The van der Waals surface area contributed by atoms with Crippen molar-refractivity contribution in [2.24, 2.45) is 7.05 Å². The minimum atomic E-state index is 1.07. The molecule has 0 amide bonds. The Morgan fingerprint density at radius 1 is 1.36 bits per heavy atom. The Morgan fingerprint density at radius 2 is 2.18 bits per heavy atom. The number of hydrogen-bond donors (Lipinski definition) is 0. The van der Waals surface area contributed by atoms with Gasteiger partial charge in [0.1, 0.15) is 0 Å². The molecule has 0 saturated carbocycles. The zero-order chi connectivity index (χ0) is 7.84. The first-order valence-electron chi connectivity index (χ1n) is 3.64. The summed E-state index contributed by atoms with van der Waals surface area (Å²) in [4.78, 5) is 4.28. The third-order valence-corrected chi connectivity index (χ3v) is 1.75. The highest BCUT2D eigenvalue weighted by molar-refractivity contribution is 5.78. The maximum atomic E-state index is 4.28. The molecule has 0 aromatic carbocycles. The van der Waals surface area contributed by atoms with Crippen LogP contribution >= 0.6 is 0 Å². The molecule has 0 aliphatic rings. The van der Waals surface area contributed by atoms with Crippen LogP contribution in [-0.4, -0.2) is 9.55 Å². The van der Waals surface area contributed by atoms with Crippen LogP contribution < -0.4 is 0 Å². The minimum Gasteiger partial charge on any atom is -0.354 e. The summed E-state index contributed by atoms with van der Waals surface area (Å²) in [7, 11) is 2.01. The fraction of sp³-hybridized carbons (Fsp3) is 0.222. The second kappa shape index (κ2) is 2.09. The normalized spacial score (nSPS) is 10.7. The Labute approximate surface area is 65.5 Å². The van der Waals surface area contributed by atoms with Gasteiger partial charge in [-0.15, -0.1) is 0 Å². The molecular weight excluding hydrogens is 136 g/mol. The Balaban J connectivity index is 2.82. The highest BCUT2D eigenvalue weighted by atomic mass is 14.9. The summed E-state index contributed by atoms with van der Waals surface area (Å²) in [6, 6.07) is 2.14. The van der Waals surface area contributed by atoms with Crippen LogP contribution in [0.15, 0.2) is 24.7 Å². The van der Waals surface area contributed by atoms with Gasteiger partial charge in [0, 0.05) is 31.0 Å². The summed E-state index contributed by atoms with van der Waals surface area (Å²) < 4.78 is 2.02. The number of hydrogen-bond acceptors (Lipinski definition) is 1. The summed E-state index contributed by atoms with van der Waals surface area (Å²) in [6.07, 6.45) is 5.99. The maximum Gasteiger partial charge on any atom is 0.0878 e. The Kier molecular flexibility index (Phi) is 1.22. The molecule has 0 spiro atoms. The van der Waals surface area contributed by atoms with Gasteiger partial charge in [-0.25, -0.2) is 0 Å². The smallest absolute Gasteiger partial charge is 0.0878 e. The summed E-state index contributed by atoms with van der Waals surface area (Å²) >= 11 is 0. The molecule has 2 aromatic heterocycles. The Bertz CT molecular complexity index is 387. The molecule has 0 N–H and O–H groups in total. The molecule has 0 bridgehead atoms. The van der Waals surface area contributed by atoms with Gasteiger partial charge in [0.15, 0.2) is 0 Å². The molecule has 11 heavy (non-hydrogen) atoms. The molecule has 0 radical (unpaired) electrons. The predicted molar refractivity (Wildman–Crippen MR) is 45.5 cm³/mol. The number of nitrogens with zero attached hydrogens (tertiary/aromatic N) is 2. The van der Waals surface area contributed by atoms with Crippen LogP contribution in [0, 0.1) is 6.92 Å². The first-order chi connectivity index (χ1) is 5.25. The van der Waals surface area contributed by atoms with E-state index in [0.29, 0.717) is 0 Å². The second-order valence-corrected chi connectivity index (χ2v) is 2.91.